The fourth-order valence-electron chi connectivity index (χ4n) is 2.62. The van der Waals surface area contributed by atoms with Gasteiger partial charge in [-0.3, -0.25) is 9.89 Å². The van der Waals surface area contributed by atoms with Crippen LogP contribution < -0.4 is 5.32 Å². The van der Waals surface area contributed by atoms with Crippen LogP contribution in [0.2, 0.25) is 0 Å². The number of fused-ring (bicyclic) bond motifs is 1. The molecule has 4 heteroatoms. The average Bonchev–Trinajstić information content (AvgIpc) is 2.97. The van der Waals surface area contributed by atoms with E-state index in [0.717, 1.165) is 29.3 Å². The summed E-state index contributed by atoms with van der Waals surface area (Å²) in [6, 6.07) is 6.31. The lowest BCUT2D eigenvalue weighted by molar-refractivity contribution is 0.0934. The van der Waals surface area contributed by atoms with Gasteiger partial charge in [0, 0.05) is 11.4 Å². The second kappa shape index (κ2) is 4.44. The quantitative estimate of drug-likeness (QED) is 0.851. The number of aromatic nitrogens is 2. The van der Waals surface area contributed by atoms with E-state index in [0.29, 0.717) is 11.7 Å². The summed E-state index contributed by atoms with van der Waals surface area (Å²) >= 11 is 0. The van der Waals surface area contributed by atoms with E-state index in [1.165, 1.54) is 12.8 Å². The molecule has 0 spiro atoms. The Kier molecular flexibility index (Phi) is 2.78. The molecule has 1 fully saturated rings. The number of carbonyl (C=O) groups excluding carboxylic acids is 1. The maximum atomic E-state index is 12.2. The number of H-pyrrole nitrogens is 1. The normalized spacial score (nSPS) is 16.3. The van der Waals surface area contributed by atoms with E-state index >= 15 is 0 Å². The van der Waals surface area contributed by atoms with E-state index < -0.39 is 0 Å². The first-order valence-corrected chi connectivity index (χ1v) is 6.49. The molecule has 0 unspecified atom stereocenters. The summed E-state index contributed by atoms with van der Waals surface area (Å²) in [6.45, 7) is 2.02. The molecule has 1 aliphatic rings. The van der Waals surface area contributed by atoms with Crippen molar-refractivity contribution in [2.75, 3.05) is 0 Å². The van der Waals surface area contributed by atoms with E-state index in [4.69, 9.17) is 0 Å². The molecule has 1 aliphatic carbocycles. The lowest BCUT2D eigenvalue weighted by Crippen LogP contribution is -2.32. The van der Waals surface area contributed by atoms with E-state index in [9.17, 15) is 4.79 Å². The van der Waals surface area contributed by atoms with Crippen LogP contribution >= 0.6 is 0 Å². The zero-order valence-corrected chi connectivity index (χ0v) is 10.5. The smallest absolute Gasteiger partial charge is 0.272 e. The van der Waals surface area contributed by atoms with Crippen LogP contribution in [0.5, 0.6) is 0 Å². The Morgan fingerprint density at radius 2 is 2.17 bits per heavy atom. The zero-order valence-electron chi connectivity index (χ0n) is 10.5. The number of hydrogen-bond donors (Lipinski definition) is 2. The molecule has 0 radical (unpaired) electrons. The molecule has 1 saturated carbocycles. The highest BCUT2D eigenvalue weighted by molar-refractivity contribution is 6.04. The van der Waals surface area contributed by atoms with Crippen LogP contribution in [0.15, 0.2) is 18.2 Å². The molecule has 2 N–H and O–H groups in total. The number of amides is 1. The zero-order chi connectivity index (χ0) is 12.5. The van der Waals surface area contributed by atoms with Crippen LogP contribution in [0.1, 0.15) is 41.7 Å². The van der Waals surface area contributed by atoms with Crippen molar-refractivity contribution in [3.63, 3.8) is 0 Å². The minimum atomic E-state index is -0.0567. The molecule has 0 atom stereocenters. The van der Waals surface area contributed by atoms with Crippen molar-refractivity contribution in [3.05, 3.63) is 29.5 Å². The van der Waals surface area contributed by atoms with Gasteiger partial charge in [-0.05, 0) is 31.9 Å². The molecule has 1 heterocycles. The highest BCUT2D eigenvalue weighted by atomic mass is 16.2. The van der Waals surface area contributed by atoms with Gasteiger partial charge in [0.25, 0.3) is 5.91 Å². The minimum Gasteiger partial charge on any atom is -0.348 e. The van der Waals surface area contributed by atoms with Gasteiger partial charge < -0.3 is 5.32 Å². The Morgan fingerprint density at radius 3 is 2.94 bits per heavy atom. The summed E-state index contributed by atoms with van der Waals surface area (Å²) in [6.07, 6.45) is 4.61. The number of aromatic amines is 1. The molecule has 0 aliphatic heterocycles. The largest absolute Gasteiger partial charge is 0.348 e. The number of aryl methyl sites for hydroxylation is 1. The van der Waals surface area contributed by atoms with E-state index in [-0.39, 0.29) is 5.91 Å². The van der Waals surface area contributed by atoms with Gasteiger partial charge in [0.15, 0.2) is 5.69 Å². The first-order valence-electron chi connectivity index (χ1n) is 6.49. The van der Waals surface area contributed by atoms with Gasteiger partial charge in [-0.25, -0.2) is 0 Å². The Labute approximate surface area is 106 Å². The van der Waals surface area contributed by atoms with Crippen molar-refractivity contribution in [1.29, 1.82) is 0 Å². The third-order valence-corrected chi connectivity index (χ3v) is 3.62. The highest BCUT2D eigenvalue weighted by Crippen LogP contribution is 2.20. The predicted molar refractivity (Wildman–Crippen MR) is 70.6 cm³/mol. The maximum Gasteiger partial charge on any atom is 0.272 e. The third kappa shape index (κ3) is 1.98. The summed E-state index contributed by atoms with van der Waals surface area (Å²) in [5.74, 6) is -0.0567. The SMILES string of the molecule is Cc1ccc2[nH]nc(C(=O)NC3CCCC3)c2c1. The molecular weight excluding hydrogens is 226 g/mol. The first kappa shape index (κ1) is 11.3. The van der Waals surface area contributed by atoms with Crippen molar-refractivity contribution < 1.29 is 4.79 Å². The molecule has 4 nitrogen and oxygen atoms in total. The molecule has 1 amide bonds. The third-order valence-electron chi connectivity index (χ3n) is 3.62. The monoisotopic (exact) mass is 243 g/mol. The number of benzene rings is 1. The van der Waals surface area contributed by atoms with E-state index in [2.05, 4.69) is 15.5 Å². The summed E-state index contributed by atoms with van der Waals surface area (Å²) in [5, 5.41) is 11.0. The molecule has 2 aromatic rings. The molecule has 18 heavy (non-hydrogen) atoms. The van der Waals surface area contributed by atoms with Crippen LogP contribution in [0, 0.1) is 6.92 Å². The van der Waals surface area contributed by atoms with Crippen molar-refractivity contribution >= 4 is 16.8 Å². The Hall–Kier alpha value is -1.84. The Morgan fingerprint density at radius 1 is 1.39 bits per heavy atom. The molecular formula is C14H17N3O. The fourth-order valence-corrected chi connectivity index (χ4v) is 2.62. The molecule has 1 aromatic carbocycles. The molecule has 1 aromatic heterocycles. The van der Waals surface area contributed by atoms with Gasteiger partial charge in [0.1, 0.15) is 0 Å². The number of nitrogens with zero attached hydrogens (tertiary/aromatic N) is 1. The van der Waals surface area contributed by atoms with Crippen LogP contribution in [0.25, 0.3) is 10.9 Å². The Bertz CT molecular complexity index is 582. The molecule has 0 saturated heterocycles. The van der Waals surface area contributed by atoms with Gasteiger partial charge in [-0.2, -0.15) is 5.10 Å². The van der Waals surface area contributed by atoms with Gasteiger partial charge in [0.2, 0.25) is 0 Å². The second-order valence-electron chi connectivity index (χ2n) is 5.08. The number of rotatable bonds is 2. The summed E-state index contributed by atoms with van der Waals surface area (Å²) in [7, 11) is 0. The molecule has 0 bridgehead atoms. The maximum absolute atomic E-state index is 12.2. The van der Waals surface area contributed by atoms with Gasteiger partial charge in [-0.1, -0.05) is 24.5 Å². The van der Waals surface area contributed by atoms with Crippen molar-refractivity contribution in [1.82, 2.24) is 15.5 Å². The van der Waals surface area contributed by atoms with E-state index in [1.54, 1.807) is 0 Å². The number of carbonyl (C=O) groups is 1. The lowest BCUT2D eigenvalue weighted by Gasteiger charge is -2.10. The minimum absolute atomic E-state index is 0.0567. The standard InChI is InChI=1S/C14H17N3O/c1-9-6-7-12-11(8-9)13(17-16-12)14(18)15-10-4-2-3-5-10/h6-8,10H,2-5H2,1H3,(H,15,18)(H,16,17). The van der Waals surface area contributed by atoms with Crippen LogP contribution in [-0.2, 0) is 0 Å². The first-order chi connectivity index (χ1) is 8.74. The number of hydrogen-bond acceptors (Lipinski definition) is 2. The van der Waals surface area contributed by atoms with E-state index in [1.807, 2.05) is 25.1 Å². The summed E-state index contributed by atoms with van der Waals surface area (Å²) in [4.78, 5) is 12.2. The van der Waals surface area contributed by atoms with Crippen LogP contribution in [-0.4, -0.2) is 22.1 Å². The van der Waals surface area contributed by atoms with Crippen molar-refractivity contribution in [2.45, 2.75) is 38.6 Å². The predicted octanol–water partition coefficient (Wildman–Crippen LogP) is 2.54. The van der Waals surface area contributed by atoms with Crippen LogP contribution in [0.4, 0.5) is 0 Å². The fraction of sp³-hybridized carbons (Fsp3) is 0.429. The summed E-state index contributed by atoms with van der Waals surface area (Å²) < 4.78 is 0. The highest BCUT2D eigenvalue weighted by Gasteiger charge is 2.20. The second-order valence-corrected chi connectivity index (χ2v) is 5.08. The van der Waals surface area contributed by atoms with Gasteiger partial charge >= 0.3 is 0 Å². The van der Waals surface area contributed by atoms with Crippen molar-refractivity contribution in [2.24, 2.45) is 0 Å². The molecule has 94 valence electrons. The van der Waals surface area contributed by atoms with Gasteiger partial charge in [-0.15, -0.1) is 0 Å². The average molecular weight is 243 g/mol. The Balaban J connectivity index is 1.88. The molecule has 3 rings (SSSR count). The lowest BCUT2D eigenvalue weighted by atomic mass is 10.1. The van der Waals surface area contributed by atoms with Crippen LogP contribution in [0.3, 0.4) is 0 Å². The number of nitrogens with one attached hydrogen (secondary N) is 2. The topological polar surface area (TPSA) is 57.8 Å². The van der Waals surface area contributed by atoms with Crippen molar-refractivity contribution in [3.8, 4) is 0 Å². The summed E-state index contributed by atoms with van der Waals surface area (Å²) in [5.41, 5.74) is 2.57. The van der Waals surface area contributed by atoms with Gasteiger partial charge in [0.05, 0.1) is 5.52 Å².